The first kappa shape index (κ1) is 9.30. The van der Waals surface area contributed by atoms with E-state index in [9.17, 15) is 4.79 Å². The van der Waals surface area contributed by atoms with Crippen molar-refractivity contribution < 1.29 is 9.90 Å². The van der Waals surface area contributed by atoms with Crippen LogP contribution in [0, 0.1) is 0 Å². The van der Waals surface area contributed by atoms with Crippen molar-refractivity contribution >= 4 is 5.97 Å². The molecule has 0 atom stereocenters. The first-order valence-electron chi connectivity index (χ1n) is 4.70. The van der Waals surface area contributed by atoms with Gasteiger partial charge in [0.1, 0.15) is 0 Å². The van der Waals surface area contributed by atoms with Gasteiger partial charge in [0, 0.05) is 5.57 Å². The van der Waals surface area contributed by atoms with Crippen LogP contribution in [-0.2, 0) is 4.79 Å². The van der Waals surface area contributed by atoms with Gasteiger partial charge in [-0.25, -0.2) is 4.79 Å². The molecule has 1 saturated carbocycles. The summed E-state index contributed by atoms with van der Waals surface area (Å²) in [4.78, 5) is 10.7. The molecule has 0 aromatic heterocycles. The molecule has 1 N–H and O–H groups in total. The fraction of sp³-hybridized carbons (Fsp3) is 0.700. The van der Waals surface area contributed by atoms with E-state index >= 15 is 0 Å². The summed E-state index contributed by atoms with van der Waals surface area (Å²) >= 11 is 0. The van der Waals surface area contributed by atoms with E-state index in [2.05, 4.69) is 6.92 Å². The molecule has 0 aromatic rings. The number of carboxylic acid groups (broad SMARTS) is 1. The molecule has 2 nitrogen and oxygen atoms in total. The van der Waals surface area contributed by atoms with Crippen molar-refractivity contribution in [3.8, 4) is 0 Å². The first-order valence-corrected chi connectivity index (χ1v) is 4.70. The first-order chi connectivity index (χ1) is 5.75. The van der Waals surface area contributed by atoms with Crippen LogP contribution in [0.3, 0.4) is 0 Å². The van der Waals surface area contributed by atoms with E-state index in [-0.39, 0.29) is 0 Å². The van der Waals surface area contributed by atoms with Crippen molar-refractivity contribution in [2.75, 3.05) is 0 Å². The molecule has 0 aromatic carbocycles. The van der Waals surface area contributed by atoms with Crippen LogP contribution in [-0.4, -0.2) is 11.1 Å². The number of carboxylic acids is 1. The molecule has 2 heteroatoms. The summed E-state index contributed by atoms with van der Waals surface area (Å²) in [6, 6.07) is 0. The molecular formula is C10H16O2. The molecule has 0 heterocycles. The van der Waals surface area contributed by atoms with Gasteiger partial charge < -0.3 is 5.11 Å². The molecule has 0 saturated heterocycles. The summed E-state index contributed by atoms with van der Waals surface area (Å²) in [6.45, 7) is 2.13. The third-order valence-corrected chi connectivity index (χ3v) is 2.22. The second-order valence-corrected chi connectivity index (χ2v) is 3.34. The number of hydrogen-bond acceptors (Lipinski definition) is 1. The summed E-state index contributed by atoms with van der Waals surface area (Å²) < 4.78 is 0. The van der Waals surface area contributed by atoms with Crippen LogP contribution in [0.5, 0.6) is 0 Å². The lowest BCUT2D eigenvalue weighted by Crippen LogP contribution is -2.00. The fourth-order valence-corrected chi connectivity index (χ4v) is 1.35. The highest BCUT2D eigenvalue weighted by Gasteiger charge is 2.21. The Hall–Kier alpha value is -0.790. The molecule has 1 rings (SSSR count). The van der Waals surface area contributed by atoms with E-state index in [1.54, 1.807) is 0 Å². The Morgan fingerprint density at radius 1 is 1.42 bits per heavy atom. The van der Waals surface area contributed by atoms with E-state index in [1.807, 2.05) is 0 Å². The van der Waals surface area contributed by atoms with E-state index in [1.165, 1.54) is 5.57 Å². The third-order valence-electron chi connectivity index (χ3n) is 2.22. The molecule has 0 bridgehead atoms. The number of hydrogen-bond donors (Lipinski definition) is 1. The number of rotatable bonds is 5. The van der Waals surface area contributed by atoms with Gasteiger partial charge >= 0.3 is 5.97 Å². The van der Waals surface area contributed by atoms with Gasteiger partial charge in [0.2, 0.25) is 0 Å². The molecule has 0 radical (unpaired) electrons. The van der Waals surface area contributed by atoms with Gasteiger partial charge in [0.15, 0.2) is 0 Å². The van der Waals surface area contributed by atoms with Crippen molar-refractivity contribution in [3.05, 3.63) is 11.1 Å². The lowest BCUT2D eigenvalue weighted by molar-refractivity contribution is -0.132. The molecule has 68 valence electrons. The van der Waals surface area contributed by atoms with Crippen LogP contribution in [0.4, 0.5) is 0 Å². The van der Waals surface area contributed by atoms with E-state index in [4.69, 9.17) is 5.11 Å². The van der Waals surface area contributed by atoms with Gasteiger partial charge in [0.05, 0.1) is 0 Å². The van der Waals surface area contributed by atoms with Crippen LogP contribution in [0.15, 0.2) is 11.1 Å². The van der Waals surface area contributed by atoms with Crippen molar-refractivity contribution in [1.82, 2.24) is 0 Å². The maximum absolute atomic E-state index is 10.7. The van der Waals surface area contributed by atoms with Gasteiger partial charge in [-0.15, -0.1) is 0 Å². The summed E-state index contributed by atoms with van der Waals surface area (Å²) in [6.07, 6.45) is 6.15. The minimum Gasteiger partial charge on any atom is -0.478 e. The maximum atomic E-state index is 10.7. The summed E-state index contributed by atoms with van der Waals surface area (Å²) in [7, 11) is 0. The minimum atomic E-state index is -0.696. The SMILES string of the molecule is CCCCCC(C(=O)O)=C1CC1. The van der Waals surface area contributed by atoms with Gasteiger partial charge in [-0.05, 0) is 25.7 Å². The Balaban J connectivity index is 2.36. The average molecular weight is 168 g/mol. The van der Waals surface area contributed by atoms with Crippen LogP contribution in [0.25, 0.3) is 0 Å². The van der Waals surface area contributed by atoms with Crippen molar-refractivity contribution in [2.45, 2.75) is 45.4 Å². The second kappa shape index (κ2) is 4.29. The number of allylic oxidation sites excluding steroid dienone is 1. The van der Waals surface area contributed by atoms with Crippen LogP contribution < -0.4 is 0 Å². The average Bonchev–Trinajstić information content (AvgIpc) is 2.80. The predicted molar refractivity (Wildman–Crippen MR) is 48.0 cm³/mol. The van der Waals surface area contributed by atoms with Gasteiger partial charge in [-0.2, -0.15) is 0 Å². The zero-order valence-corrected chi connectivity index (χ0v) is 7.60. The molecule has 0 aliphatic heterocycles. The Morgan fingerprint density at radius 2 is 2.08 bits per heavy atom. The maximum Gasteiger partial charge on any atom is 0.331 e. The van der Waals surface area contributed by atoms with Crippen molar-refractivity contribution in [2.24, 2.45) is 0 Å². The largest absolute Gasteiger partial charge is 0.478 e. The fourth-order valence-electron chi connectivity index (χ4n) is 1.35. The van der Waals surface area contributed by atoms with Crippen LogP contribution in [0.2, 0.25) is 0 Å². The standard InChI is InChI=1S/C10H16O2/c1-2-3-4-5-9(10(11)12)8-6-7-8/h2-7H2,1H3,(H,11,12). The molecule has 12 heavy (non-hydrogen) atoms. The lowest BCUT2D eigenvalue weighted by atomic mass is 10.1. The Bertz CT molecular complexity index is 198. The van der Waals surface area contributed by atoms with Gasteiger partial charge in [-0.1, -0.05) is 25.3 Å². The molecule has 0 amide bonds. The predicted octanol–water partition coefficient (Wildman–Crippen LogP) is 2.74. The second-order valence-electron chi connectivity index (χ2n) is 3.34. The highest BCUT2D eigenvalue weighted by Crippen LogP contribution is 2.33. The summed E-state index contributed by atoms with van der Waals surface area (Å²) in [5.74, 6) is -0.696. The number of unbranched alkanes of at least 4 members (excludes halogenated alkanes) is 2. The number of carbonyl (C=O) groups is 1. The van der Waals surface area contributed by atoms with Crippen LogP contribution in [0.1, 0.15) is 45.4 Å². The highest BCUT2D eigenvalue weighted by molar-refractivity contribution is 5.88. The monoisotopic (exact) mass is 168 g/mol. The summed E-state index contributed by atoms with van der Waals surface area (Å²) in [5.41, 5.74) is 1.88. The minimum absolute atomic E-state index is 0.696. The van der Waals surface area contributed by atoms with Gasteiger partial charge in [-0.3, -0.25) is 0 Å². The summed E-state index contributed by atoms with van der Waals surface area (Å²) in [5, 5.41) is 8.83. The molecule has 0 spiro atoms. The molecule has 1 aliphatic carbocycles. The topological polar surface area (TPSA) is 37.3 Å². The van der Waals surface area contributed by atoms with Crippen molar-refractivity contribution in [3.63, 3.8) is 0 Å². The molecular weight excluding hydrogens is 152 g/mol. The zero-order valence-electron chi connectivity index (χ0n) is 7.60. The zero-order chi connectivity index (χ0) is 8.97. The third kappa shape index (κ3) is 2.68. The van der Waals surface area contributed by atoms with E-state index < -0.39 is 5.97 Å². The Kier molecular flexibility index (Phi) is 3.32. The normalized spacial score (nSPS) is 14.6. The highest BCUT2D eigenvalue weighted by atomic mass is 16.4. The van der Waals surface area contributed by atoms with E-state index in [0.717, 1.165) is 38.5 Å². The van der Waals surface area contributed by atoms with Gasteiger partial charge in [0.25, 0.3) is 0 Å². The molecule has 0 unspecified atom stereocenters. The smallest absolute Gasteiger partial charge is 0.331 e. The Labute approximate surface area is 73.3 Å². The van der Waals surface area contributed by atoms with Crippen molar-refractivity contribution in [1.29, 1.82) is 0 Å². The van der Waals surface area contributed by atoms with Crippen LogP contribution >= 0.6 is 0 Å². The molecule has 1 aliphatic rings. The quantitative estimate of drug-likeness (QED) is 0.506. The Morgan fingerprint density at radius 3 is 2.50 bits per heavy atom. The van der Waals surface area contributed by atoms with E-state index in [0.29, 0.717) is 5.57 Å². The molecule has 1 fully saturated rings. The lowest BCUT2D eigenvalue weighted by Gasteiger charge is -1.99. The number of aliphatic carboxylic acids is 1.